The van der Waals surface area contributed by atoms with Crippen LogP contribution in [0.3, 0.4) is 0 Å². The summed E-state index contributed by atoms with van der Waals surface area (Å²) >= 11 is 0. The summed E-state index contributed by atoms with van der Waals surface area (Å²) in [5.41, 5.74) is 5.02. The average Bonchev–Trinajstić information content (AvgIpc) is 2.86. The summed E-state index contributed by atoms with van der Waals surface area (Å²) in [6.45, 7) is 8.64. The molecule has 0 bridgehead atoms. The Morgan fingerprint density at radius 2 is 1.64 bits per heavy atom. The molecule has 4 rings (SSSR count). The molecule has 1 amide bonds. The van der Waals surface area contributed by atoms with Gasteiger partial charge in [-0.25, -0.2) is 4.98 Å². The molecular formula is C31H34N2O3. The first-order chi connectivity index (χ1) is 17.2. The van der Waals surface area contributed by atoms with Gasteiger partial charge in [0.15, 0.2) is 0 Å². The Balaban J connectivity index is 1.68. The van der Waals surface area contributed by atoms with Crippen molar-refractivity contribution in [3.8, 4) is 16.9 Å². The standard InChI is InChI=1S/C31H34N2O3/c1-21-16-25(11-13-28(21)36-5)24-9-6-22(7-10-24)19-33(29(35)18-31(2,3)4)30-27-12-8-23(20-34)17-26(27)14-15-32-30/h6-17,34H,18-20H2,1-5H3. The summed E-state index contributed by atoms with van der Waals surface area (Å²) in [4.78, 5) is 20.0. The number of aromatic nitrogens is 1. The number of carbonyl (C=O) groups excluding carboxylic acids is 1. The third-order valence-corrected chi connectivity index (χ3v) is 6.25. The predicted molar refractivity (Wildman–Crippen MR) is 146 cm³/mol. The molecule has 4 aromatic rings. The molecule has 0 spiro atoms. The topological polar surface area (TPSA) is 62.7 Å². The maximum absolute atomic E-state index is 13.6. The first kappa shape index (κ1) is 25.4. The van der Waals surface area contributed by atoms with Crippen molar-refractivity contribution < 1.29 is 14.6 Å². The van der Waals surface area contributed by atoms with E-state index in [4.69, 9.17) is 4.74 Å². The number of rotatable bonds is 7. The molecule has 186 valence electrons. The summed E-state index contributed by atoms with van der Waals surface area (Å²) in [5.74, 6) is 1.54. The number of amides is 1. The van der Waals surface area contributed by atoms with Gasteiger partial charge in [0.1, 0.15) is 11.6 Å². The molecule has 0 unspecified atom stereocenters. The summed E-state index contributed by atoms with van der Waals surface area (Å²) in [6.07, 6.45) is 2.13. The van der Waals surface area contributed by atoms with Crippen LogP contribution in [0.25, 0.3) is 21.9 Å². The first-order valence-electron chi connectivity index (χ1n) is 12.2. The number of benzene rings is 3. The molecule has 1 aromatic heterocycles. The molecule has 0 aliphatic carbocycles. The fourth-order valence-corrected chi connectivity index (χ4v) is 4.40. The normalized spacial score (nSPS) is 11.5. The lowest BCUT2D eigenvalue weighted by Gasteiger charge is -2.27. The van der Waals surface area contributed by atoms with Gasteiger partial charge in [0.2, 0.25) is 5.91 Å². The molecule has 1 heterocycles. The maximum atomic E-state index is 13.6. The summed E-state index contributed by atoms with van der Waals surface area (Å²) < 4.78 is 5.39. The van der Waals surface area contributed by atoms with Crippen LogP contribution in [0.4, 0.5) is 5.82 Å². The third kappa shape index (κ3) is 5.74. The average molecular weight is 483 g/mol. The fraction of sp³-hybridized carbons (Fsp3) is 0.290. The van der Waals surface area contributed by atoms with Crippen molar-refractivity contribution in [3.63, 3.8) is 0 Å². The molecule has 3 aromatic carbocycles. The van der Waals surface area contributed by atoms with Crippen LogP contribution < -0.4 is 9.64 Å². The van der Waals surface area contributed by atoms with Crippen molar-refractivity contribution in [2.45, 2.75) is 47.3 Å². The monoisotopic (exact) mass is 482 g/mol. The van der Waals surface area contributed by atoms with Gasteiger partial charge in [0, 0.05) is 18.0 Å². The molecule has 0 atom stereocenters. The van der Waals surface area contributed by atoms with Crippen molar-refractivity contribution in [1.29, 1.82) is 0 Å². The second-order valence-corrected chi connectivity index (χ2v) is 10.4. The quantitative estimate of drug-likeness (QED) is 0.319. The van der Waals surface area contributed by atoms with Crippen molar-refractivity contribution in [3.05, 3.63) is 89.6 Å². The largest absolute Gasteiger partial charge is 0.496 e. The molecule has 0 aliphatic heterocycles. The first-order valence-corrected chi connectivity index (χ1v) is 12.2. The Kier molecular flexibility index (Phi) is 7.41. The van der Waals surface area contributed by atoms with Crippen LogP contribution in [0, 0.1) is 12.3 Å². The highest BCUT2D eigenvalue weighted by Gasteiger charge is 2.25. The van der Waals surface area contributed by atoms with Gasteiger partial charge in [-0.3, -0.25) is 9.69 Å². The number of hydrogen-bond acceptors (Lipinski definition) is 4. The maximum Gasteiger partial charge on any atom is 0.229 e. The van der Waals surface area contributed by atoms with E-state index in [1.165, 1.54) is 0 Å². The molecule has 0 saturated carbocycles. The van der Waals surface area contributed by atoms with Crippen LogP contribution in [0.1, 0.15) is 43.9 Å². The number of fused-ring (bicyclic) bond motifs is 1. The van der Waals surface area contributed by atoms with Gasteiger partial charge in [-0.1, -0.05) is 63.2 Å². The van der Waals surface area contributed by atoms with Gasteiger partial charge in [0.25, 0.3) is 0 Å². The second-order valence-electron chi connectivity index (χ2n) is 10.4. The number of pyridine rings is 1. The highest BCUT2D eigenvalue weighted by Crippen LogP contribution is 2.31. The highest BCUT2D eigenvalue weighted by atomic mass is 16.5. The van der Waals surface area contributed by atoms with E-state index in [1.54, 1.807) is 18.2 Å². The number of methoxy groups -OCH3 is 1. The fourth-order valence-electron chi connectivity index (χ4n) is 4.40. The van der Waals surface area contributed by atoms with E-state index in [2.05, 4.69) is 62.2 Å². The zero-order valence-electron chi connectivity index (χ0n) is 21.7. The highest BCUT2D eigenvalue weighted by molar-refractivity contribution is 6.02. The second kappa shape index (κ2) is 10.5. The van der Waals surface area contributed by atoms with Crippen LogP contribution in [-0.4, -0.2) is 23.1 Å². The molecule has 0 fully saturated rings. The van der Waals surface area contributed by atoms with Crippen molar-refractivity contribution in [2.75, 3.05) is 12.0 Å². The minimum atomic E-state index is -0.153. The Hall–Kier alpha value is -3.70. The molecule has 0 saturated heterocycles. The van der Waals surface area contributed by atoms with Crippen LogP contribution >= 0.6 is 0 Å². The number of aryl methyl sites for hydroxylation is 1. The van der Waals surface area contributed by atoms with Crippen molar-refractivity contribution >= 4 is 22.5 Å². The number of carbonyl (C=O) groups is 1. The summed E-state index contributed by atoms with van der Waals surface area (Å²) in [7, 11) is 1.68. The number of ether oxygens (including phenoxy) is 1. The van der Waals surface area contributed by atoms with Crippen LogP contribution in [0.5, 0.6) is 5.75 Å². The molecule has 5 nitrogen and oxygen atoms in total. The van der Waals surface area contributed by atoms with Crippen molar-refractivity contribution in [1.82, 2.24) is 4.98 Å². The van der Waals surface area contributed by atoms with Crippen LogP contribution in [0.15, 0.2) is 72.9 Å². The molecule has 0 aliphatic rings. The van der Waals surface area contributed by atoms with Gasteiger partial charge in [0.05, 0.1) is 20.3 Å². The van der Waals surface area contributed by atoms with Gasteiger partial charge in [-0.05, 0) is 69.8 Å². The lowest BCUT2D eigenvalue weighted by Crippen LogP contribution is -2.34. The van der Waals surface area contributed by atoms with Gasteiger partial charge < -0.3 is 9.84 Å². The van der Waals surface area contributed by atoms with Crippen LogP contribution in [-0.2, 0) is 17.9 Å². The smallest absolute Gasteiger partial charge is 0.229 e. The number of hydrogen-bond donors (Lipinski definition) is 1. The Labute approximate surface area is 213 Å². The van der Waals surface area contributed by atoms with Gasteiger partial charge in [-0.2, -0.15) is 0 Å². The predicted octanol–water partition coefficient (Wildman–Crippen LogP) is 6.68. The van der Waals surface area contributed by atoms with Crippen LogP contribution in [0.2, 0.25) is 0 Å². The Bertz CT molecular complexity index is 1370. The number of nitrogens with zero attached hydrogens (tertiary/aromatic N) is 2. The molecule has 5 heteroatoms. The van der Waals surface area contributed by atoms with E-state index >= 15 is 0 Å². The number of aliphatic hydroxyl groups excluding tert-OH is 1. The third-order valence-electron chi connectivity index (χ3n) is 6.25. The molecule has 36 heavy (non-hydrogen) atoms. The van der Waals surface area contributed by atoms with E-state index in [-0.39, 0.29) is 17.9 Å². The SMILES string of the molecule is COc1ccc(-c2ccc(CN(C(=O)CC(C)(C)C)c3nccc4cc(CO)ccc34)cc2)cc1C. The number of anilines is 1. The van der Waals surface area contributed by atoms with Gasteiger partial charge >= 0.3 is 0 Å². The zero-order valence-corrected chi connectivity index (χ0v) is 21.7. The van der Waals surface area contributed by atoms with Crippen molar-refractivity contribution in [2.24, 2.45) is 5.41 Å². The summed E-state index contributed by atoms with van der Waals surface area (Å²) in [5, 5.41) is 11.4. The number of aliphatic hydroxyl groups is 1. The minimum absolute atomic E-state index is 0.0274. The summed E-state index contributed by atoms with van der Waals surface area (Å²) in [6, 6.07) is 22.2. The van der Waals surface area contributed by atoms with Gasteiger partial charge in [-0.15, -0.1) is 0 Å². The Morgan fingerprint density at radius 1 is 0.944 bits per heavy atom. The van der Waals surface area contributed by atoms with E-state index < -0.39 is 0 Å². The van der Waals surface area contributed by atoms with E-state index in [0.717, 1.165) is 44.3 Å². The zero-order chi connectivity index (χ0) is 25.9. The molecule has 0 radical (unpaired) electrons. The van der Waals surface area contributed by atoms with E-state index in [9.17, 15) is 9.90 Å². The lowest BCUT2D eigenvalue weighted by atomic mass is 9.91. The Morgan fingerprint density at radius 3 is 2.28 bits per heavy atom. The minimum Gasteiger partial charge on any atom is -0.496 e. The van der Waals surface area contributed by atoms with E-state index in [1.807, 2.05) is 37.3 Å². The molecule has 1 N–H and O–H groups in total. The molecular weight excluding hydrogens is 448 g/mol. The lowest BCUT2D eigenvalue weighted by molar-refractivity contribution is -0.120. The van der Waals surface area contributed by atoms with E-state index in [0.29, 0.717) is 18.8 Å².